The zero-order chi connectivity index (χ0) is 23.0. The number of carbonyl (C=O) groups is 3. The average molecular weight is 445 g/mol. The van der Waals surface area contributed by atoms with E-state index in [1.807, 2.05) is 0 Å². The van der Waals surface area contributed by atoms with Crippen LogP contribution in [0.4, 0.5) is 10.5 Å². The summed E-state index contributed by atoms with van der Waals surface area (Å²) in [7, 11) is -0.862. The lowest BCUT2D eigenvalue weighted by Crippen LogP contribution is -2.42. The minimum atomic E-state index is -3.70. The van der Waals surface area contributed by atoms with Crippen molar-refractivity contribution in [1.82, 2.24) is 14.5 Å². The Morgan fingerprint density at radius 1 is 1.13 bits per heavy atom. The van der Waals surface area contributed by atoms with E-state index in [2.05, 4.69) is 10.6 Å². The number of imide groups is 1. The minimum Gasteiger partial charge on any atom is -0.324 e. The molecule has 1 saturated heterocycles. The second kappa shape index (κ2) is 8.12. The molecule has 2 aromatic rings. The maximum absolute atomic E-state index is 12.9. The van der Waals surface area contributed by atoms with Crippen molar-refractivity contribution >= 4 is 33.6 Å². The topological polar surface area (TPSA) is 116 Å². The Morgan fingerprint density at radius 2 is 1.77 bits per heavy atom. The van der Waals surface area contributed by atoms with Crippen molar-refractivity contribution in [2.24, 2.45) is 0 Å². The lowest BCUT2D eigenvalue weighted by atomic mass is 9.92. The summed E-state index contributed by atoms with van der Waals surface area (Å²) < 4.78 is 26.0. The van der Waals surface area contributed by atoms with Gasteiger partial charge in [-0.2, -0.15) is 0 Å². The highest BCUT2D eigenvalue weighted by Crippen LogP contribution is 2.28. The Balaban J connectivity index is 1.77. The Kier molecular flexibility index (Phi) is 5.88. The van der Waals surface area contributed by atoms with Crippen molar-refractivity contribution in [3.8, 4) is 0 Å². The van der Waals surface area contributed by atoms with Crippen LogP contribution in [0.5, 0.6) is 0 Å². The van der Waals surface area contributed by atoms with Crippen molar-refractivity contribution in [3.63, 3.8) is 0 Å². The van der Waals surface area contributed by atoms with Crippen LogP contribution in [0, 0.1) is 6.92 Å². The van der Waals surface area contributed by atoms with Crippen LogP contribution >= 0.6 is 0 Å². The summed E-state index contributed by atoms with van der Waals surface area (Å²) in [6.07, 6.45) is 0. The molecular formula is C21H24N4O5S. The summed E-state index contributed by atoms with van der Waals surface area (Å²) in [5.74, 6) is -1.17. The molecular weight excluding hydrogens is 420 g/mol. The van der Waals surface area contributed by atoms with E-state index in [9.17, 15) is 22.8 Å². The number of sulfonamides is 1. The molecule has 2 aromatic carbocycles. The number of anilines is 1. The zero-order valence-corrected chi connectivity index (χ0v) is 18.5. The molecule has 1 atom stereocenters. The van der Waals surface area contributed by atoms with Crippen LogP contribution < -0.4 is 10.6 Å². The molecule has 164 valence electrons. The van der Waals surface area contributed by atoms with Crippen molar-refractivity contribution in [2.45, 2.75) is 24.3 Å². The molecule has 1 aliphatic heterocycles. The van der Waals surface area contributed by atoms with Gasteiger partial charge in [-0.05, 0) is 37.1 Å². The fraction of sp³-hybridized carbons (Fsp3) is 0.286. The average Bonchev–Trinajstić information content (AvgIpc) is 2.94. The van der Waals surface area contributed by atoms with Gasteiger partial charge in [0, 0.05) is 19.8 Å². The first-order valence-corrected chi connectivity index (χ1v) is 10.9. The smallest absolute Gasteiger partial charge is 0.324 e. The van der Waals surface area contributed by atoms with E-state index in [0.29, 0.717) is 11.1 Å². The highest BCUT2D eigenvalue weighted by molar-refractivity contribution is 7.89. The van der Waals surface area contributed by atoms with Gasteiger partial charge in [-0.3, -0.25) is 14.5 Å². The van der Waals surface area contributed by atoms with E-state index in [1.54, 1.807) is 56.3 Å². The number of hydrogen-bond acceptors (Lipinski definition) is 5. The fourth-order valence-electron chi connectivity index (χ4n) is 3.30. The molecule has 1 heterocycles. The summed E-state index contributed by atoms with van der Waals surface area (Å²) in [5.41, 5.74) is 0.108. The molecule has 31 heavy (non-hydrogen) atoms. The first kappa shape index (κ1) is 22.4. The van der Waals surface area contributed by atoms with E-state index in [0.717, 1.165) is 9.21 Å². The molecule has 1 fully saturated rings. The van der Waals surface area contributed by atoms with Crippen LogP contribution in [0.2, 0.25) is 0 Å². The third kappa shape index (κ3) is 4.17. The molecule has 9 nitrogen and oxygen atoms in total. The van der Waals surface area contributed by atoms with Crippen molar-refractivity contribution in [3.05, 3.63) is 59.7 Å². The van der Waals surface area contributed by atoms with Gasteiger partial charge in [-0.1, -0.05) is 36.4 Å². The van der Waals surface area contributed by atoms with Gasteiger partial charge in [0.1, 0.15) is 12.1 Å². The Hall–Kier alpha value is -3.24. The van der Waals surface area contributed by atoms with Gasteiger partial charge in [-0.25, -0.2) is 17.5 Å². The first-order valence-electron chi connectivity index (χ1n) is 9.49. The predicted molar refractivity (Wildman–Crippen MR) is 115 cm³/mol. The van der Waals surface area contributed by atoms with Gasteiger partial charge in [0.2, 0.25) is 15.9 Å². The summed E-state index contributed by atoms with van der Waals surface area (Å²) in [4.78, 5) is 38.7. The molecule has 1 aliphatic rings. The highest BCUT2D eigenvalue weighted by atomic mass is 32.2. The predicted octanol–water partition coefficient (Wildman–Crippen LogP) is 1.65. The molecule has 0 radical (unpaired) electrons. The van der Waals surface area contributed by atoms with E-state index in [4.69, 9.17) is 0 Å². The summed E-state index contributed by atoms with van der Waals surface area (Å²) in [6.45, 7) is 2.73. The van der Waals surface area contributed by atoms with Crippen LogP contribution in [-0.2, 0) is 25.2 Å². The van der Waals surface area contributed by atoms with Crippen LogP contribution in [0.3, 0.4) is 0 Å². The quantitative estimate of drug-likeness (QED) is 0.658. The van der Waals surface area contributed by atoms with Gasteiger partial charge >= 0.3 is 6.03 Å². The lowest BCUT2D eigenvalue weighted by molar-refractivity contribution is -0.133. The molecule has 0 spiro atoms. The standard InChI is InChI=1S/C21H24N4O5S/c1-14-10-11-16(12-17(14)31(29,30)24(3)4)22-18(26)13-25-19(27)21(2,23-20(25)28)15-8-6-5-7-9-15/h5-12H,13H2,1-4H3,(H,22,26)(H,23,28)/t21-/m1/s1. The number of urea groups is 1. The van der Waals surface area contributed by atoms with E-state index in [-0.39, 0.29) is 10.6 Å². The number of rotatable bonds is 6. The normalized spacial score (nSPS) is 18.9. The molecule has 0 aliphatic carbocycles. The fourth-order valence-corrected chi connectivity index (χ4v) is 4.45. The maximum Gasteiger partial charge on any atom is 0.325 e. The molecule has 0 bridgehead atoms. The van der Waals surface area contributed by atoms with Crippen molar-refractivity contribution < 1.29 is 22.8 Å². The van der Waals surface area contributed by atoms with Crippen LogP contribution in [0.15, 0.2) is 53.4 Å². The largest absolute Gasteiger partial charge is 0.325 e. The lowest BCUT2D eigenvalue weighted by Gasteiger charge is -2.22. The van der Waals surface area contributed by atoms with Gasteiger partial charge in [0.25, 0.3) is 5.91 Å². The number of nitrogens with one attached hydrogen (secondary N) is 2. The van der Waals surface area contributed by atoms with Crippen molar-refractivity contribution in [2.75, 3.05) is 26.0 Å². The first-order chi connectivity index (χ1) is 14.5. The Bertz CT molecular complexity index is 1150. The van der Waals surface area contributed by atoms with E-state index < -0.39 is 40.0 Å². The summed E-state index contributed by atoms with van der Waals surface area (Å²) >= 11 is 0. The Morgan fingerprint density at radius 3 is 2.39 bits per heavy atom. The minimum absolute atomic E-state index is 0.0574. The van der Waals surface area contributed by atoms with Crippen molar-refractivity contribution in [1.29, 1.82) is 0 Å². The number of hydrogen-bond donors (Lipinski definition) is 2. The van der Waals surface area contributed by atoms with E-state index in [1.165, 1.54) is 20.2 Å². The Labute approximate surface area is 181 Å². The monoisotopic (exact) mass is 444 g/mol. The third-order valence-electron chi connectivity index (χ3n) is 5.16. The summed E-state index contributed by atoms with van der Waals surface area (Å²) in [5, 5.41) is 5.20. The molecule has 4 amide bonds. The number of amides is 4. The van der Waals surface area contributed by atoms with Gasteiger partial charge in [0.15, 0.2) is 0 Å². The number of nitrogens with zero attached hydrogens (tertiary/aromatic N) is 2. The SMILES string of the molecule is Cc1ccc(NC(=O)CN2C(=O)N[C@](C)(c3ccccc3)C2=O)cc1S(=O)(=O)N(C)C. The molecule has 2 N–H and O–H groups in total. The van der Waals surface area contributed by atoms with Crippen LogP contribution in [-0.4, -0.2) is 56.1 Å². The van der Waals surface area contributed by atoms with E-state index >= 15 is 0 Å². The van der Waals surface area contributed by atoms with Crippen LogP contribution in [0.25, 0.3) is 0 Å². The third-order valence-corrected chi connectivity index (χ3v) is 7.12. The second-order valence-corrected chi connectivity index (χ2v) is 9.75. The number of aryl methyl sites for hydroxylation is 1. The zero-order valence-electron chi connectivity index (χ0n) is 17.7. The molecule has 0 aromatic heterocycles. The van der Waals surface area contributed by atoms with Gasteiger partial charge in [0.05, 0.1) is 4.90 Å². The van der Waals surface area contributed by atoms with Gasteiger partial charge in [-0.15, -0.1) is 0 Å². The van der Waals surface area contributed by atoms with Crippen LogP contribution in [0.1, 0.15) is 18.1 Å². The van der Waals surface area contributed by atoms with Gasteiger partial charge < -0.3 is 10.6 Å². The second-order valence-electron chi connectivity index (χ2n) is 7.63. The number of carbonyl (C=O) groups excluding carboxylic acids is 3. The molecule has 3 rings (SSSR count). The molecule has 0 saturated carbocycles. The maximum atomic E-state index is 12.9. The molecule has 10 heteroatoms. The summed E-state index contributed by atoms with van der Waals surface area (Å²) in [6, 6.07) is 12.6. The highest BCUT2D eigenvalue weighted by Gasteiger charge is 2.49. The molecule has 0 unspecified atom stereocenters. The number of benzene rings is 2.